The van der Waals surface area contributed by atoms with Crippen LogP contribution in [0.1, 0.15) is 18.2 Å². The molecule has 1 saturated heterocycles. The summed E-state index contributed by atoms with van der Waals surface area (Å²) in [5.41, 5.74) is -0.421. The topological polar surface area (TPSA) is 114 Å². The second-order valence-corrected chi connectivity index (χ2v) is 5.55. The lowest BCUT2D eigenvalue weighted by molar-refractivity contribution is -0.0461. The molecule has 1 aliphatic heterocycles. The monoisotopic (exact) mass is 334 g/mol. The molecule has 24 heavy (non-hydrogen) atoms. The Bertz CT molecular complexity index is 800. The molecule has 0 saturated carbocycles. The number of aromatic amines is 1. The Morgan fingerprint density at radius 1 is 1.29 bits per heavy atom. The second kappa shape index (κ2) is 7.00. The van der Waals surface area contributed by atoms with Gasteiger partial charge in [0, 0.05) is 6.42 Å². The molecule has 1 aliphatic rings. The van der Waals surface area contributed by atoms with Crippen LogP contribution in [0.15, 0.2) is 46.1 Å². The maximum absolute atomic E-state index is 12.0. The van der Waals surface area contributed by atoms with E-state index in [-0.39, 0.29) is 25.4 Å². The van der Waals surface area contributed by atoms with Gasteiger partial charge in [0.25, 0.3) is 5.56 Å². The lowest BCUT2D eigenvalue weighted by atomic mass is 10.2. The zero-order valence-corrected chi connectivity index (χ0v) is 12.8. The van der Waals surface area contributed by atoms with E-state index in [0.717, 1.165) is 10.1 Å². The van der Waals surface area contributed by atoms with Gasteiger partial charge in [0.2, 0.25) is 5.75 Å². The van der Waals surface area contributed by atoms with Gasteiger partial charge in [0.15, 0.2) is 0 Å². The van der Waals surface area contributed by atoms with Crippen molar-refractivity contribution in [3.63, 3.8) is 0 Å². The summed E-state index contributed by atoms with van der Waals surface area (Å²) in [6.45, 7) is -0.178. The van der Waals surface area contributed by atoms with Crippen molar-refractivity contribution in [1.82, 2.24) is 9.55 Å². The number of nitrogens with one attached hydrogen (secondary N) is 1. The summed E-state index contributed by atoms with van der Waals surface area (Å²) in [5, 5.41) is 18.9. The zero-order valence-electron chi connectivity index (χ0n) is 12.8. The van der Waals surface area contributed by atoms with Crippen LogP contribution in [0.3, 0.4) is 0 Å². The van der Waals surface area contributed by atoms with Crippen molar-refractivity contribution in [2.75, 3.05) is 6.61 Å². The molecular formula is C16H18N2O6. The number of ether oxygens (including phenoxy) is 2. The third-order valence-electron chi connectivity index (χ3n) is 3.87. The van der Waals surface area contributed by atoms with Crippen molar-refractivity contribution in [1.29, 1.82) is 0 Å². The van der Waals surface area contributed by atoms with Crippen LogP contribution >= 0.6 is 0 Å². The van der Waals surface area contributed by atoms with Crippen LogP contribution in [0.4, 0.5) is 0 Å². The first-order valence-electron chi connectivity index (χ1n) is 7.55. The van der Waals surface area contributed by atoms with Gasteiger partial charge >= 0.3 is 5.69 Å². The third-order valence-corrected chi connectivity index (χ3v) is 3.87. The summed E-state index contributed by atoms with van der Waals surface area (Å²) in [7, 11) is 0. The van der Waals surface area contributed by atoms with Crippen LogP contribution in [0, 0.1) is 0 Å². The number of hydrogen-bond acceptors (Lipinski definition) is 6. The van der Waals surface area contributed by atoms with Gasteiger partial charge in [-0.15, -0.1) is 0 Å². The molecule has 0 spiro atoms. The molecule has 3 rings (SSSR count). The largest absolute Gasteiger partial charge is 0.482 e. The standard InChI is InChI=1S/C16H18N2O6/c19-8-13-11(20)6-14(24-13)18-7-12(15(21)17-16(18)22)23-9-10-4-2-1-3-5-10/h1-5,7,11,13-14,19-20H,6,8-9H2,(H,17,21,22)/t11-,13+,14-/m1/s1. The Labute approximate surface area is 136 Å². The van der Waals surface area contributed by atoms with E-state index in [1.807, 2.05) is 30.3 Å². The lowest BCUT2D eigenvalue weighted by Gasteiger charge is -2.15. The highest BCUT2D eigenvalue weighted by molar-refractivity contribution is 5.17. The minimum atomic E-state index is -0.882. The fourth-order valence-electron chi connectivity index (χ4n) is 2.57. The molecule has 8 nitrogen and oxygen atoms in total. The first-order valence-corrected chi connectivity index (χ1v) is 7.55. The Morgan fingerprint density at radius 2 is 2.04 bits per heavy atom. The molecule has 0 bridgehead atoms. The van der Waals surface area contributed by atoms with E-state index in [1.54, 1.807) is 0 Å². The Kier molecular flexibility index (Phi) is 4.79. The van der Waals surface area contributed by atoms with E-state index in [4.69, 9.17) is 14.6 Å². The molecule has 0 aliphatic carbocycles. The quantitative estimate of drug-likeness (QED) is 0.695. The van der Waals surface area contributed by atoms with Gasteiger partial charge < -0.3 is 19.7 Å². The molecule has 1 aromatic heterocycles. The number of H-pyrrole nitrogens is 1. The highest BCUT2D eigenvalue weighted by atomic mass is 16.5. The summed E-state index contributed by atoms with van der Waals surface area (Å²) in [6, 6.07) is 9.29. The maximum atomic E-state index is 12.0. The third kappa shape index (κ3) is 3.40. The lowest BCUT2D eigenvalue weighted by Crippen LogP contribution is -2.33. The fraction of sp³-hybridized carbons (Fsp3) is 0.375. The minimum Gasteiger partial charge on any atom is -0.482 e. The highest BCUT2D eigenvalue weighted by Gasteiger charge is 2.35. The van der Waals surface area contributed by atoms with Crippen molar-refractivity contribution in [2.24, 2.45) is 0 Å². The normalized spacial score (nSPS) is 23.3. The maximum Gasteiger partial charge on any atom is 0.330 e. The number of nitrogens with zero attached hydrogens (tertiary/aromatic N) is 1. The van der Waals surface area contributed by atoms with E-state index in [0.29, 0.717) is 0 Å². The van der Waals surface area contributed by atoms with E-state index in [2.05, 4.69) is 4.98 Å². The van der Waals surface area contributed by atoms with Crippen molar-refractivity contribution in [2.45, 2.75) is 31.5 Å². The van der Waals surface area contributed by atoms with E-state index in [1.165, 1.54) is 6.20 Å². The van der Waals surface area contributed by atoms with Crippen molar-refractivity contribution in [3.05, 3.63) is 62.9 Å². The van der Waals surface area contributed by atoms with Crippen LogP contribution in [0.2, 0.25) is 0 Å². The van der Waals surface area contributed by atoms with Gasteiger partial charge in [-0.25, -0.2) is 4.79 Å². The van der Waals surface area contributed by atoms with Crippen LogP contribution in [-0.2, 0) is 11.3 Å². The van der Waals surface area contributed by atoms with Gasteiger partial charge in [-0.1, -0.05) is 30.3 Å². The summed E-state index contributed by atoms with van der Waals surface area (Å²) in [6.07, 6.45) is -1.02. The van der Waals surface area contributed by atoms with Gasteiger partial charge in [0.05, 0.1) is 18.9 Å². The van der Waals surface area contributed by atoms with Crippen LogP contribution in [0.5, 0.6) is 5.75 Å². The minimum absolute atomic E-state index is 0.0241. The molecule has 1 fully saturated rings. The summed E-state index contributed by atoms with van der Waals surface area (Å²) in [5.74, 6) is -0.0241. The molecule has 8 heteroatoms. The van der Waals surface area contributed by atoms with Crippen LogP contribution in [0.25, 0.3) is 0 Å². The molecule has 0 radical (unpaired) electrons. The van der Waals surface area contributed by atoms with Gasteiger partial charge in [0.1, 0.15) is 18.9 Å². The molecule has 0 unspecified atom stereocenters. The summed E-state index contributed by atoms with van der Waals surface area (Å²) < 4.78 is 12.1. The van der Waals surface area contributed by atoms with Crippen molar-refractivity contribution in [3.8, 4) is 5.75 Å². The molecule has 0 amide bonds. The Balaban J connectivity index is 1.81. The van der Waals surface area contributed by atoms with E-state index < -0.39 is 29.7 Å². The van der Waals surface area contributed by atoms with Crippen molar-refractivity contribution < 1.29 is 19.7 Å². The zero-order chi connectivity index (χ0) is 17.1. The van der Waals surface area contributed by atoms with Gasteiger partial charge in [-0.05, 0) is 5.56 Å². The number of hydrogen-bond donors (Lipinski definition) is 3. The molecule has 128 valence electrons. The highest BCUT2D eigenvalue weighted by Crippen LogP contribution is 2.27. The predicted molar refractivity (Wildman–Crippen MR) is 83.7 cm³/mol. The fourth-order valence-corrected chi connectivity index (χ4v) is 2.57. The number of rotatable bonds is 5. The number of aliphatic hydroxyl groups excluding tert-OH is 2. The van der Waals surface area contributed by atoms with E-state index in [9.17, 15) is 14.7 Å². The second-order valence-electron chi connectivity index (χ2n) is 5.55. The SMILES string of the molecule is O=c1[nH]c(=O)n([C@H]2C[C@@H](O)[C@H](CO)O2)cc1OCc1ccccc1. The van der Waals surface area contributed by atoms with Gasteiger partial charge in [-0.3, -0.25) is 14.3 Å². The summed E-state index contributed by atoms with van der Waals surface area (Å²) >= 11 is 0. The first-order chi connectivity index (χ1) is 11.6. The molecular weight excluding hydrogens is 316 g/mol. The molecule has 3 N–H and O–H groups in total. The van der Waals surface area contributed by atoms with Crippen molar-refractivity contribution >= 4 is 0 Å². The average Bonchev–Trinajstić information content (AvgIpc) is 2.95. The average molecular weight is 334 g/mol. The predicted octanol–water partition coefficient (Wildman–Crippen LogP) is -0.244. The Morgan fingerprint density at radius 3 is 2.71 bits per heavy atom. The molecule has 3 atom stereocenters. The molecule has 2 heterocycles. The Hall–Kier alpha value is -2.42. The van der Waals surface area contributed by atoms with Crippen LogP contribution < -0.4 is 16.0 Å². The molecule has 2 aromatic rings. The smallest absolute Gasteiger partial charge is 0.330 e. The number of aliphatic hydroxyl groups is 2. The summed E-state index contributed by atoms with van der Waals surface area (Å²) in [4.78, 5) is 26.0. The number of aromatic nitrogens is 2. The number of benzene rings is 1. The van der Waals surface area contributed by atoms with Crippen LogP contribution in [-0.4, -0.2) is 38.6 Å². The van der Waals surface area contributed by atoms with Gasteiger partial charge in [-0.2, -0.15) is 0 Å². The molecule has 1 aromatic carbocycles. The first kappa shape index (κ1) is 16.4. The van der Waals surface area contributed by atoms with E-state index >= 15 is 0 Å².